The average Bonchev–Trinajstić information content (AvgIpc) is 2.27. The molecule has 0 fully saturated rings. The summed E-state index contributed by atoms with van der Waals surface area (Å²) in [6, 6.07) is 6.66. The van der Waals surface area contributed by atoms with E-state index in [0.717, 1.165) is 0 Å². The number of ether oxygens (including phenoxy) is 1. The Morgan fingerprint density at radius 2 is 2.13 bits per heavy atom. The molecule has 15 heavy (non-hydrogen) atoms. The van der Waals surface area contributed by atoms with Crippen LogP contribution < -0.4 is 10.1 Å². The smallest absolute Gasteiger partial charge is 0.212 e. The third-order valence-electron chi connectivity index (χ3n) is 1.71. The number of amides is 1. The van der Waals surface area contributed by atoms with E-state index in [1.165, 1.54) is 0 Å². The van der Waals surface area contributed by atoms with Crippen molar-refractivity contribution < 1.29 is 14.6 Å². The van der Waals surface area contributed by atoms with E-state index in [9.17, 15) is 4.79 Å². The van der Waals surface area contributed by atoms with Gasteiger partial charge in [0.25, 0.3) is 0 Å². The molecule has 1 amide bonds. The van der Waals surface area contributed by atoms with Crippen molar-refractivity contribution in [2.24, 2.45) is 0 Å². The lowest BCUT2D eigenvalue weighted by Gasteiger charge is -2.05. The molecular formula is C10H12N2O3. The Morgan fingerprint density at radius 3 is 2.67 bits per heavy atom. The largest absolute Gasteiger partial charge is 0.491 e. The number of nitrogens with one attached hydrogen (secondary N) is 2. The minimum Gasteiger partial charge on any atom is -0.491 e. The molecule has 0 saturated carbocycles. The van der Waals surface area contributed by atoms with E-state index >= 15 is 0 Å². The molecule has 80 valence electrons. The first kappa shape index (κ1) is 11.2. The summed E-state index contributed by atoms with van der Waals surface area (Å²) in [5.41, 5.74) is 0.596. The molecule has 0 unspecified atom stereocenters. The van der Waals surface area contributed by atoms with Gasteiger partial charge in [-0.1, -0.05) is 0 Å². The molecule has 3 N–H and O–H groups in total. The monoisotopic (exact) mass is 208 g/mol. The molecule has 0 aliphatic rings. The lowest BCUT2D eigenvalue weighted by Crippen LogP contribution is -2.21. The minimum atomic E-state index is -0.0374. The first-order chi connectivity index (χ1) is 7.27. The molecule has 1 aromatic carbocycles. The SMILES string of the molecule is N=C(NC=O)c1ccc(OCCO)cc1. The number of amidine groups is 1. The topological polar surface area (TPSA) is 82.4 Å². The summed E-state index contributed by atoms with van der Waals surface area (Å²) in [6.45, 7) is 0.202. The van der Waals surface area contributed by atoms with Gasteiger partial charge in [-0.15, -0.1) is 0 Å². The maximum Gasteiger partial charge on any atom is 0.212 e. The summed E-state index contributed by atoms with van der Waals surface area (Å²) in [6.07, 6.45) is 0.457. The molecule has 1 rings (SSSR count). The highest BCUT2D eigenvalue weighted by Crippen LogP contribution is 2.11. The van der Waals surface area contributed by atoms with Crippen LogP contribution in [-0.4, -0.2) is 30.6 Å². The van der Waals surface area contributed by atoms with Gasteiger partial charge in [-0.2, -0.15) is 0 Å². The second-order valence-electron chi connectivity index (χ2n) is 2.73. The van der Waals surface area contributed by atoms with Crippen LogP contribution in [0, 0.1) is 5.41 Å². The second-order valence-corrected chi connectivity index (χ2v) is 2.73. The van der Waals surface area contributed by atoms with E-state index in [0.29, 0.717) is 17.7 Å². The number of carbonyl (C=O) groups excluding carboxylic acids is 1. The van der Waals surface area contributed by atoms with Crippen LogP contribution >= 0.6 is 0 Å². The molecule has 0 aliphatic heterocycles. The first-order valence-corrected chi connectivity index (χ1v) is 4.40. The lowest BCUT2D eigenvalue weighted by molar-refractivity contribution is -0.108. The van der Waals surface area contributed by atoms with E-state index in [-0.39, 0.29) is 19.0 Å². The van der Waals surface area contributed by atoms with E-state index in [1.54, 1.807) is 24.3 Å². The maximum atomic E-state index is 10.1. The van der Waals surface area contributed by atoms with Gasteiger partial charge in [0.1, 0.15) is 18.2 Å². The zero-order chi connectivity index (χ0) is 11.1. The van der Waals surface area contributed by atoms with Gasteiger partial charge in [-0.3, -0.25) is 10.2 Å². The second kappa shape index (κ2) is 5.77. The van der Waals surface area contributed by atoms with Crippen molar-refractivity contribution in [2.45, 2.75) is 0 Å². The third kappa shape index (κ3) is 3.40. The van der Waals surface area contributed by atoms with Crippen LogP contribution in [0.3, 0.4) is 0 Å². The molecule has 0 spiro atoms. The fraction of sp³-hybridized carbons (Fsp3) is 0.200. The zero-order valence-corrected chi connectivity index (χ0v) is 8.06. The Hall–Kier alpha value is -1.88. The Morgan fingerprint density at radius 1 is 1.47 bits per heavy atom. The van der Waals surface area contributed by atoms with E-state index in [2.05, 4.69) is 5.32 Å². The number of hydrogen-bond acceptors (Lipinski definition) is 4. The van der Waals surface area contributed by atoms with Gasteiger partial charge in [0, 0.05) is 5.56 Å². The highest BCUT2D eigenvalue weighted by atomic mass is 16.5. The minimum absolute atomic E-state index is 0.0374. The fourth-order valence-corrected chi connectivity index (χ4v) is 1.02. The molecule has 0 atom stereocenters. The van der Waals surface area contributed by atoms with E-state index in [4.69, 9.17) is 15.3 Å². The first-order valence-electron chi connectivity index (χ1n) is 4.40. The maximum absolute atomic E-state index is 10.1. The molecule has 0 aliphatic carbocycles. The average molecular weight is 208 g/mol. The van der Waals surface area contributed by atoms with Gasteiger partial charge in [0.2, 0.25) is 6.41 Å². The predicted octanol–water partition coefficient (Wildman–Crippen LogP) is 0.129. The van der Waals surface area contributed by atoms with Crippen LogP contribution in [0.4, 0.5) is 0 Å². The number of carbonyl (C=O) groups is 1. The number of hydrogen-bond donors (Lipinski definition) is 3. The Balaban J connectivity index is 2.63. The number of aliphatic hydroxyl groups excluding tert-OH is 1. The zero-order valence-electron chi connectivity index (χ0n) is 8.06. The van der Waals surface area contributed by atoms with Crippen LogP contribution in [0.1, 0.15) is 5.56 Å². The summed E-state index contributed by atoms with van der Waals surface area (Å²) in [4.78, 5) is 10.1. The van der Waals surface area contributed by atoms with E-state index in [1.807, 2.05) is 0 Å². The molecule has 0 radical (unpaired) electrons. The lowest BCUT2D eigenvalue weighted by atomic mass is 10.2. The predicted molar refractivity (Wildman–Crippen MR) is 55.1 cm³/mol. The third-order valence-corrected chi connectivity index (χ3v) is 1.71. The van der Waals surface area contributed by atoms with Crippen molar-refractivity contribution >= 4 is 12.2 Å². The van der Waals surface area contributed by atoms with Crippen molar-refractivity contribution in [1.82, 2.24) is 5.32 Å². The van der Waals surface area contributed by atoms with Gasteiger partial charge >= 0.3 is 0 Å². The van der Waals surface area contributed by atoms with Crippen molar-refractivity contribution in [3.05, 3.63) is 29.8 Å². The molecule has 5 heteroatoms. The summed E-state index contributed by atoms with van der Waals surface area (Å²) in [5, 5.41) is 18.2. The number of benzene rings is 1. The number of rotatable bonds is 5. The Bertz CT molecular complexity index is 335. The van der Waals surface area contributed by atoms with Crippen LogP contribution in [0.5, 0.6) is 5.75 Å². The molecule has 0 aromatic heterocycles. The molecular weight excluding hydrogens is 196 g/mol. The number of aliphatic hydroxyl groups is 1. The standard InChI is InChI=1S/C10H12N2O3/c11-10(12-7-14)8-1-3-9(4-2-8)15-6-5-13/h1-4,7,13H,5-6H2,(H2,11,12,14). The molecule has 0 heterocycles. The Kier molecular flexibility index (Phi) is 4.30. The van der Waals surface area contributed by atoms with Crippen LogP contribution in [-0.2, 0) is 4.79 Å². The van der Waals surface area contributed by atoms with Gasteiger partial charge in [-0.25, -0.2) is 0 Å². The highest BCUT2D eigenvalue weighted by molar-refractivity contribution is 6.01. The van der Waals surface area contributed by atoms with Crippen LogP contribution in [0.15, 0.2) is 24.3 Å². The van der Waals surface area contributed by atoms with Gasteiger partial charge < -0.3 is 15.2 Å². The van der Waals surface area contributed by atoms with Crippen molar-refractivity contribution in [1.29, 1.82) is 5.41 Å². The molecule has 0 saturated heterocycles. The van der Waals surface area contributed by atoms with Crippen molar-refractivity contribution in [3.63, 3.8) is 0 Å². The normalized spacial score (nSPS) is 9.40. The van der Waals surface area contributed by atoms with Gasteiger partial charge in [0.05, 0.1) is 6.61 Å². The van der Waals surface area contributed by atoms with Crippen LogP contribution in [0.25, 0.3) is 0 Å². The summed E-state index contributed by atoms with van der Waals surface area (Å²) in [7, 11) is 0. The van der Waals surface area contributed by atoms with Gasteiger partial charge in [-0.05, 0) is 24.3 Å². The van der Waals surface area contributed by atoms with Crippen LogP contribution in [0.2, 0.25) is 0 Å². The molecule has 0 bridgehead atoms. The van der Waals surface area contributed by atoms with E-state index < -0.39 is 0 Å². The highest BCUT2D eigenvalue weighted by Gasteiger charge is 2.00. The quantitative estimate of drug-likeness (QED) is 0.365. The summed E-state index contributed by atoms with van der Waals surface area (Å²) >= 11 is 0. The summed E-state index contributed by atoms with van der Waals surface area (Å²) in [5.74, 6) is 0.658. The van der Waals surface area contributed by atoms with Crippen molar-refractivity contribution in [2.75, 3.05) is 13.2 Å². The summed E-state index contributed by atoms with van der Waals surface area (Å²) < 4.78 is 5.14. The fourth-order valence-electron chi connectivity index (χ4n) is 1.02. The molecule has 5 nitrogen and oxygen atoms in total. The van der Waals surface area contributed by atoms with Gasteiger partial charge in [0.15, 0.2) is 0 Å². The van der Waals surface area contributed by atoms with Crippen molar-refractivity contribution in [3.8, 4) is 5.75 Å². The molecule has 1 aromatic rings. The Labute approximate surface area is 87.2 Å².